The lowest BCUT2D eigenvalue weighted by molar-refractivity contribution is -0.131. The molecule has 0 spiro atoms. The number of ether oxygens (including phenoxy) is 2. The third-order valence-electron chi connectivity index (χ3n) is 7.78. The number of carbonyl (C=O) groups excluding carboxylic acids is 1. The number of nitrogens with one attached hydrogen (secondary N) is 1. The van der Waals surface area contributed by atoms with E-state index in [9.17, 15) is 4.79 Å². The van der Waals surface area contributed by atoms with Crippen molar-refractivity contribution in [2.45, 2.75) is 148 Å². The largest absolute Gasteiger partial charge is 0.379 e. The maximum Gasteiger partial charge on any atom is 0.223 e. The van der Waals surface area contributed by atoms with Crippen molar-refractivity contribution in [3.05, 3.63) is 0 Å². The molecule has 1 rings (SSSR count). The molecule has 0 saturated heterocycles. The number of hydrogen-bond donors (Lipinski definition) is 2. The van der Waals surface area contributed by atoms with Gasteiger partial charge in [-0.2, -0.15) is 0 Å². The summed E-state index contributed by atoms with van der Waals surface area (Å²) >= 11 is 0. The standard InChI is InChI=1S/C27H54N2O3/c1-8-27(9-2,22-15-13-11-10-12-14-16-23(28)18-17-22)29-24(30)21-26(5,6)32-20-19-25(3,4)31-7/h22-23H,8-21,28H2,1-7H3,(H,29,30). The van der Waals surface area contributed by atoms with Crippen LogP contribution in [0.2, 0.25) is 0 Å². The first-order valence-electron chi connectivity index (χ1n) is 13.2. The average molecular weight is 455 g/mol. The number of nitrogens with two attached hydrogens (primary N) is 1. The van der Waals surface area contributed by atoms with Crippen molar-refractivity contribution < 1.29 is 14.3 Å². The van der Waals surface area contributed by atoms with Crippen molar-refractivity contribution >= 4 is 5.91 Å². The Morgan fingerprint density at radius 1 is 0.906 bits per heavy atom. The first-order chi connectivity index (χ1) is 15.0. The van der Waals surface area contributed by atoms with E-state index >= 15 is 0 Å². The second kappa shape index (κ2) is 13.9. The minimum Gasteiger partial charge on any atom is -0.379 e. The van der Waals surface area contributed by atoms with Gasteiger partial charge in [0.15, 0.2) is 0 Å². The number of rotatable bonds is 11. The Bertz CT molecular complexity index is 529. The van der Waals surface area contributed by atoms with E-state index in [0.717, 1.165) is 38.5 Å². The molecule has 2 unspecified atom stereocenters. The fourth-order valence-electron chi connectivity index (χ4n) is 5.13. The monoisotopic (exact) mass is 454 g/mol. The van der Waals surface area contributed by atoms with Gasteiger partial charge < -0.3 is 20.5 Å². The van der Waals surface area contributed by atoms with Crippen molar-refractivity contribution in [2.75, 3.05) is 13.7 Å². The predicted octanol–water partition coefficient (Wildman–Crippen LogP) is 6.13. The highest BCUT2D eigenvalue weighted by atomic mass is 16.5. The molecule has 0 bridgehead atoms. The average Bonchev–Trinajstić information content (AvgIpc) is 2.77. The van der Waals surface area contributed by atoms with E-state index < -0.39 is 5.60 Å². The van der Waals surface area contributed by atoms with Crippen LogP contribution >= 0.6 is 0 Å². The Kier molecular flexibility index (Phi) is 12.8. The molecule has 0 radical (unpaired) electrons. The third-order valence-corrected chi connectivity index (χ3v) is 7.78. The van der Waals surface area contributed by atoms with Crippen LogP contribution in [0.4, 0.5) is 0 Å². The van der Waals surface area contributed by atoms with Gasteiger partial charge in [-0.3, -0.25) is 4.79 Å². The Morgan fingerprint density at radius 3 is 2.09 bits per heavy atom. The summed E-state index contributed by atoms with van der Waals surface area (Å²) < 4.78 is 11.6. The second-order valence-electron chi connectivity index (χ2n) is 11.3. The molecular formula is C27H54N2O3. The van der Waals surface area contributed by atoms with Gasteiger partial charge in [0.2, 0.25) is 5.91 Å². The third kappa shape index (κ3) is 10.5. The maximum absolute atomic E-state index is 13.2. The predicted molar refractivity (Wildman–Crippen MR) is 135 cm³/mol. The van der Waals surface area contributed by atoms with Gasteiger partial charge in [-0.05, 0) is 78.6 Å². The van der Waals surface area contributed by atoms with Crippen LogP contribution in [0.5, 0.6) is 0 Å². The summed E-state index contributed by atoms with van der Waals surface area (Å²) in [5.74, 6) is 0.584. The Morgan fingerprint density at radius 2 is 1.50 bits per heavy atom. The van der Waals surface area contributed by atoms with E-state index in [1.807, 2.05) is 13.8 Å². The highest BCUT2D eigenvalue weighted by Gasteiger charge is 2.38. The highest BCUT2D eigenvalue weighted by molar-refractivity contribution is 5.77. The normalized spacial score (nSPS) is 22.2. The molecule has 1 saturated carbocycles. The first-order valence-corrected chi connectivity index (χ1v) is 13.2. The maximum atomic E-state index is 13.2. The summed E-state index contributed by atoms with van der Waals surface area (Å²) in [5, 5.41) is 3.50. The fraction of sp³-hybridized carbons (Fsp3) is 0.963. The van der Waals surface area contributed by atoms with E-state index in [1.54, 1.807) is 7.11 Å². The molecule has 1 aliphatic rings. The van der Waals surface area contributed by atoms with E-state index in [2.05, 4.69) is 33.0 Å². The lowest BCUT2D eigenvalue weighted by atomic mass is 9.73. The number of carbonyl (C=O) groups is 1. The van der Waals surface area contributed by atoms with Crippen LogP contribution in [0.15, 0.2) is 0 Å². The molecule has 0 aliphatic heterocycles. The fourth-order valence-corrected chi connectivity index (χ4v) is 5.13. The summed E-state index contributed by atoms with van der Waals surface area (Å²) in [6.45, 7) is 13.2. The van der Waals surface area contributed by atoms with Crippen LogP contribution < -0.4 is 11.1 Å². The molecular weight excluding hydrogens is 400 g/mol. The van der Waals surface area contributed by atoms with Gasteiger partial charge in [0.05, 0.1) is 24.2 Å². The zero-order valence-corrected chi connectivity index (χ0v) is 22.4. The molecule has 190 valence electrons. The van der Waals surface area contributed by atoms with Gasteiger partial charge in [0.1, 0.15) is 0 Å². The minimum atomic E-state index is -0.502. The molecule has 1 aliphatic carbocycles. The highest BCUT2D eigenvalue weighted by Crippen LogP contribution is 2.35. The van der Waals surface area contributed by atoms with Crippen LogP contribution in [-0.2, 0) is 14.3 Å². The molecule has 5 heteroatoms. The van der Waals surface area contributed by atoms with Gasteiger partial charge in [0.25, 0.3) is 0 Å². The van der Waals surface area contributed by atoms with Crippen LogP contribution in [0.1, 0.15) is 125 Å². The van der Waals surface area contributed by atoms with Crippen molar-refractivity contribution in [3.63, 3.8) is 0 Å². The van der Waals surface area contributed by atoms with Crippen LogP contribution in [0, 0.1) is 5.92 Å². The number of methoxy groups -OCH3 is 1. The molecule has 3 N–H and O–H groups in total. The van der Waals surface area contributed by atoms with E-state index in [4.69, 9.17) is 15.2 Å². The molecule has 0 heterocycles. The SMILES string of the molecule is CCC(CC)(NC(=O)CC(C)(C)OCCC(C)(C)OC)C1CCCCCCCC(N)CC1. The molecule has 0 aromatic heterocycles. The van der Waals surface area contributed by atoms with Crippen molar-refractivity contribution in [2.24, 2.45) is 11.7 Å². The summed E-state index contributed by atoms with van der Waals surface area (Å²) in [6, 6.07) is 0.293. The Balaban J connectivity index is 2.78. The second-order valence-corrected chi connectivity index (χ2v) is 11.3. The summed E-state index contributed by atoms with van der Waals surface area (Å²) in [5.41, 5.74) is 5.55. The van der Waals surface area contributed by atoms with E-state index in [1.165, 1.54) is 38.5 Å². The smallest absolute Gasteiger partial charge is 0.223 e. The summed E-state index contributed by atoms with van der Waals surface area (Å²) in [6.07, 6.45) is 14.0. The molecule has 1 amide bonds. The lowest BCUT2D eigenvalue weighted by Gasteiger charge is -2.42. The minimum absolute atomic E-state index is 0.100. The quantitative estimate of drug-likeness (QED) is 0.394. The van der Waals surface area contributed by atoms with Crippen LogP contribution in [-0.4, -0.2) is 42.4 Å². The zero-order valence-electron chi connectivity index (χ0n) is 22.4. The van der Waals surface area contributed by atoms with Crippen LogP contribution in [0.3, 0.4) is 0 Å². The van der Waals surface area contributed by atoms with Gasteiger partial charge in [-0.15, -0.1) is 0 Å². The first kappa shape index (κ1) is 29.4. The van der Waals surface area contributed by atoms with Gasteiger partial charge >= 0.3 is 0 Å². The van der Waals surface area contributed by atoms with Gasteiger partial charge in [-0.25, -0.2) is 0 Å². The van der Waals surface area contributed by atoms with E-state index in [-0.39, 0.29) is 17.0 Å². The lowest BCUT2D eigenvalue weighted by Crippen LogP contribution is -2.54. The summed E-state index contributed by atoms with van der Waals surface area (Å²) in [4.78, 5) is 13.2. The molecule has 0 aromatic rings. The molecule has 32 heavy (non-hydrogen) atoms. The van der Waals surface area contributed by atoms with Gasteiger partial charge in [-0.1, -0.05) is 46.0 Å². The number of hydrogen-bond acceptors (Lipinski definition) is 4. The molecule has 2 atom stereocenters. The Hall–Kier alpha value is -0.650. The molecule has 0 aromatic carbocycles. The zero-order chi connectivity index (χ0) is 24.3. The summed E-state index contributed by atoms with van der Waals surface area (Å²) in [7, 11) is 1.72. The van der Waals surface area contributed by atoms with Crippen LogP contribution in [0.25, 0.3) is 0 Å². The molecule has 1 fully saturated rings. The van der Waals surface area contributed by atoms with Crippen molar-refractivity contribution in [3.8, 4) is 0 Å². The number of amides is 1. The van der Waals surface area contributed by atoms with Gasteiger partial charge in [0, 0.05) is 18.7 Å². The van der Waals surface area contributed by atoms with Crippen molar-refractivity contribution in [1.29, 1.82) is 0 Å². The Labute approximate surface area is 199 Å². The molecule has 5 nitrogen and oxygen atoms in total. The topological polar surface area (TPSA) is 73.6 Å². The van der Waals surface area contributed by atoms with Crippen molar-refractivity contribution in [1.82, 2.24) is 5.32 Å². The van der Waals surface area contributed by atoms with E-state index in [0.29, 0.717) is 25.0 Å².